The average molecular weight is 265 g/mol. The summed E-state index contributed by atoms with van der Waals surface area (Å²) in [7, 11) is 0. The van der Waals surface area contributed by atoms with Crippen LogP contribution in [0.5, 0.6) is 0 Å². The van der Waals surface area contributed by atoms with Crippen molar-refractivity contribution in [1.29, 1.82) is 0 Å². The first kappa shape index (κ1) is 15.2. The fourth-order valence-electron chi connectivity index (χ4n) is 1.51. The van der Waals surface area contributed by atoms with Gasteiger partial charge in [0, 0.05) is 0 Å². The number of rotatable bonds is 5. The molecule has 0 saturated carbocycles. The van der Waals surface area contributed by atoms with E-state index >= 15 is 0 Å². The highest BCUT2D eigenvalue weighted by molar-refractivity contribution is 5.81. The second kappa shape index (κ2) is 5.84. The van der Waals surface area contributed by atoms with Gasteiger partial charge in [0.15, 0.2) is 5.60 Å². The summed E-state index contributed by atoms with van der Waals surface area (Å²) in [5, 5.41) is 20.6. The topological polar surface area (TPSA) is 86.6 Å². The summed E-state index contributed by atoms with van der Waals surface area (Å²) in [4.78, 5) is 22.3. The number of carbonyl (C=O) groups excluding carboxylic acids is 1. The number of hydrogen-bond donors (Lipinski definition) is 3. The summed E-state index contributed by atoms with van der Waals surface area (Å²) < 4.78 is 0. The second-order valence-corrected chi connectivity index (χ2v) is 4.95. The van der Waals surface area contributed by atoms with Crippen LogP contribution in [-0.2, 0) is 16.0 Å². The van der Waals surface area contributed by atoms with E-state index in [2.05, 4.69) is 5.32 Å². The van der Waals surface area contributed by atoms with Crippen LogP contribution in [0.15, 0.2) is 18.2 Å². The Morgan fingerprint density at radius 1 is 1.26 bits per heavy atom. The lowest BCUT2D eigenvalue weighted by Gasteiger charge is -2.18. The molecule has 0 aliphatic carbocycles. The predicted molar refractivity (Wildman–Crippen MR) is 70.9 cm³/mol. The van der Waals surface area contributed by atoms with Gasteiger partial charge in [-0.15, -0.1) is 0 Å². The molecule has 104 valence electrons. The van der Waals surface area contributed by atoms with Gasteiger partial charge in [-0.3, -0.25) is 4.79 Å². The van der Waals surface area contributed by atoms with Gasteiger partial charge >= 0.3 is 5.97 Å². The van der Waals surface area contributed by atoms with Crippen molar-refractivity contribution in [2.24, 2.45) is 0 Å². The monoisotopic (exact) mass is 265 g/mol. The van der Waals surface area contributed by atoms with E-state index in [0.29, 0.717) is 0 Å². The third-order valence-corrected chi connectivity index (χ3v) is 3.03. The lowest BCUT2D eigenvalue weighted by molar-refractivity contribution is -0.156. The number of nitrogens with one attached hydrogen (secondary N) is 1. The Morgan fingerprint density at radius 2 is 1.89 bits per heavy atom. The van der Waals surface area contributed by atoms with E-state index in [9.17, 15) is 14.7 Å². The van der Waals surface area contributed by atoms with Gasteiger partial charge in [-0.1, -0.05) is 18.2 Å². The number of aliphatic hydroxyl groups is 1. The zero-order chi connectivity index (χ0) is 14.6. The number of benzene rings is 1. The van der Waals surface area contributed by atoms with Crippen LogP contribution in [0.1, 0.15) is 23.6 Å². The van der Waals surface area contributed by atoms with Crippen LogP contribution in [0.25, 0.3) is 0 Å². The molecule has 0 aromatic heterocycles. The van der Waals surface area contributed by atoms with Crippen LogP contribution in [0, 0.1) is 13.8 Å². The summed E-state index contributed by atoms with van der Waals surface area (Å²) in [6.45, 7) is 4.78. The fraction of sp³-hybridized carbons (Fsp3) is 0.429. The highest BCUT2D eigenvalue weighted by Gasteiger charge is 2.30. The molecule has 1 aromatic carbocycles. The SMILES string of the molecule is Cc1ccc(CC(=O)NCC(C)(O)C(=O)O)cc1C. The molecule has 19 heavy (non-hydrogen) atoms. The molecule has 0 spiro atoms. The van der Waals surface area contributed by atoms with Crippen molar-refractivity contribution in [1.82, 2.24) is 5.32 Å². The molecule has 0 heterocycles. The van der Waals surface area contributed by atoms with Crippen LogP contribution in [0.3, 0.4) is 0 Å². The molecule has 0 aliphatic rings. The Bertz CT molecular complexity index is 494. The van der Waals surface area contributed by atoms with Crippen molar-refractivity contribution >= 4 is 11.9 Å². The lowest BCUT2D eigenvalue weighted by Crippen LogP contribution is -2.46. The molecule has 0 aliphatic heterocycles. The van der Waals surface area contributed by atoms with E-state index in [4.69, 9.17) is 5.11 Å². The quantitative estimate of drug-likeness (QED) is 0.735. The molecule has 5 heteroatoms. The van der Waals surface area contributed by atoms with Crippen LogP contribution in [0.4, 0.5) is 0 Å². The third-order valence-electron chi connectivity index (χ3n) is 3.03. The van der Waals surface area contributed by atoms with Crippen molar-refractivity contribution in [2.75, 3.05) is 6.54 Å². The number of aryl methyl sites for hydroxylation is 2. The van der Waals surface area contributed by atoms with Gasteiger partial charge in [-0.05, 0) is 37.5 Å². The molecule has 1 unspecified atom stereocenters. The Labute approximate surface area is 112 Å². The Kier molecular flexibility index (Phi) is 4.67. The molecule has 0 bridgehead atoms. The largest absolute Gasteiger partial charge is 0.479 e. The van der Waals surface area contributed by atoms with Crippen LogP contribution >= 0.6 is 0 Å². The maximum atomic E-state index is 11.7. The van der Waals surface area contributed by atoms with Crippen LogP contribution in [-0.4, -0.2) is 34.2 Å². The molecule has 0 saturated heterocycles. The summed E-state index contributed by atoms with van der Waals surface area (Å²) in [6.07, 6.45) is 0.164. The maximum absolute atomic E-state index is 11.7. The van der Waals surface area contributed by atoms with Gasteiger partial charge in [0.2, 0.25) is 5.91 Å². The summed E-state index contributed by atoms with van der Waals surface area (Å²) in [5.74, 6) is -1.68. The fourth-order valence-corrected chi connectivity index (χ4v) is 1.51. The minimum absolute atomic E-state index is 0.164. The minimum atomic E-state index is -1.95. The molecule has 0 radical (unpaired) electrons. The van der Waals surface area contributed by atoms with E-state index < -0.39 is 11.6 Å². The van der Waals surface area contributed by atoms with Gasteiger partial charge in [-0.2, -0.15) is 0 Å². The molecule has 1 aromatic rings. The van der Waals surface area contributed by atoms with Gasteiger partial charge in [-0.25, -0.2) is 4.79 Å². The summed E-state index contributed by atoms with van der Waals surface area (Å²) in [6, 6.07) is 5.72. The second-order valence-electron chi connectivity index (χ2n) is 4.95. The molecule has 3 N–H and O–H groups in total. The van der Waals surface area contributed by atoms with E-state index in [0.717, 1.165) is 23.6 Å². The minimum Gasteiger partial charge on any atom is -0.479 e. The molecule has 0 fully saturated rings. The van der Waals surface area contributed by atoms with E-state index in [1.165, 1.54) is 0 Å². The molecular weight excluding hydrogens is 246 g/mol. The molecule has 1 rings (SSSR count). The van der Waals surface area contributed by atoms with E-state index in [-0.39, 0.29) is 18.9 Å². The number of carbonyl (C=O) groups is 2. The van der Waals surface area contributed by atoms with Crippen molar-refractivity contribution in [3.05, 3.63) is 34.9 Å². The van der Waals surface area contributed by atoms with E-state index in [1.807, 2.05) is 32.0 Å². The van der Waals surface area contributed by atoms with E-state index in [1.54, 1.807) is 0 Å². The number of carboxylic acids is 1. The van der Waals surface area contributed by atoms with Crippen molar-refractivity contribution in [3.8, 4) is 0 Å². The zero-order valence-corrected chi connectivity index (χ0v) is 11.4. The highest BCUT2D eigenvalue weighted by Crippen LogP contribution is 2.10. The molecule has 1 atom stereocenters. The Balaban J connectivity index is 2.56. The van der Waals surface area contributed by atoms with Gasteiger partial charge in [0.1, 0.15) is 0 Å². The average Bonchev–Trinajstić information content (AvgIpc) is 2.31. The number of amides is 1. The first-order valence-electron chi connectivity index (χ1n) is 6.01. The first-order chi connectivity index (χ1) is 8.72. The summed E-state index contributed by atoms with van der Waals surface area (Å²) >= 11 is 0. The first-order valence-corrected chi connectivity index (χ1v) is 6.01. The molecular formula is C14H19NO4. The Morgan fingerprint density at radius 3 is 2.42 bits per heavy atom. The van der Waals surface area contributed by atoms with Crippen molar-refractivity contribution < 1.29 is 19.8 Å². The maximum Gasteiger partial charge on any atom is 0.337 e. The lowest BCUT2D eigenvalue weighted by atomic mass is 10.0. The predicted octanol–water partition coefficient (Wildman–Crippen LogP) is 0.798. The number of carboxylic acid groups (broad SMARTS) is 1. The van der Waals surface area contributed by atoms with Gasteiger partial charge < -0.3 is 15.5 Å². The van der Waals surface area contributed by atoms with Gasteiger partial charge in [0.25, 0.3) is 0 Å². The zero-order valence-electron chi connectivity index (χ0n) is 11.4. The highest BCUT2D eigenvalue weighted by atomic mass is 16.4. The van der Waals surface area contributed by atoms with Crippen molar-refractivity contribution in [2.45, 2.75) is 32.8 Å². The van der Waals surface area contributed by atoms with Crippen molar-refractivity contribution in [3.63, 3.8) is 0 Å². The Hall–Kier alpha value is -1.88. The third kappa shape index (κ3) is 4.37. The van der Waals surface area contributed by atoms with Crippen LogP contribution in [0.2, 0.25) is 0 Å². The number of hydrogen-bond acceptors (Lipinski definition) is 3. The molecule has 1 amide bonds. The number of aliphatic carboxylic acids is 1. The van der Waals surface area contributed by atoms with Gasteiger partial charge in [0.05, 0.1) is 13.0 Å². The smallest absolute Gasteiger partial charge is 0.337 e. The molecule has 5 nitrogen and oxygen atoms in total. The summed E-state index contributed by atoms with van der Waals surface area (Å²) in [5.41, 5.74) is 1.16. The normalized spacial score (nSPS) is 13.7. The standard InChI is InChI=1S/C14H19NO4/c1-9-4-5-11(6-10(9)2)7-12(16)15-8-14(3,19)13(17)18/h4-6,19H,7-8H2,1-3H3,(H,15,16)(H,17,18). The van der Waals surface area contributed by atoms with Crippen LogP contribution < -0.4 is 5.32 Å².